The molecular weight excluding hydrogens is 322 g/mol. The lowest BCUT2D eigenvalue weighted by atomic mass is 10.0. The topological polar surface area (TPSA) is 53.6 Å². The number of carbonyl (C=O) groups excluding carboxylic acids is 1. The maximum Gasteiger partial charge on any atom is 0.337 e. The summed E-state index contributed by atoms with van der Waals surface area (Å²) in [7, 11) is 1.37. The van der Waals surface area contributed by atoms with Crippen molar-refractivity contribution in [2.45, 2.75) is 26.2 Å². The summed E-state index contributed by atoms with van der Waals surface area (Å²) in [5.41, 5.74) is 1.28. The Balaban J connectivity index is 1.69. The highest BCUT2D eigenvalue weighted by molar-refractivity contribution is 7.80. The lowest BCUT2D eigenvalue weighted by Crippen LogP contribution is -2.37. The SMILES string of the molecule is COC(=O)c1cccc(NC(=S)NCCCN2CCC[C@@H](C)C2)c1. The predicted octanol–water partition coefficient (Wildman–Crippen LogP) is 2.88. The van der Waals surface area contributed by atoms with E-state index in [1.807, 2.05) is 6.07 Å². The first-order valence-corrected chi connectivity index (χ1v) is 8.95. The van der Waals surface area contributed by atoms with Gasteiger partial charge in [-0.1, -0.05) is 13.0 Å². The molecule has 0 aromatic heterocycles. The highest BCUT2D eigenvalue weighted by Crippen LogP contribution is 2.15. The van der Waals surface area contributed by atoms with Crippen LogP contribution in [0, 0.1) is 5.92 Å². The largest absolute Gasteiger partial charge is 0.465 e. The minimum Gasteiger partial charge on any atom is -0.465 e. The van der Waals surface area contributed by atoms with Gasteiger partial charge >= 0.3 is 5.97 Å². The van der Waals surface area contributed by atoms with Crippen LogP contribution in [0.3, 0.4) is 0 Å². The summed E-state index contributed by atoms with van der Waals surface area (Å²) in [5.74, 6) is 0.463. The second-order valence-corrected chi connectivity index (χ2v) is 6.76. The third-order valence-electron chi connectivity index (χ3n) is 4.22. The average Bonchev–Trinajstić information content (AvgIpc) is 2.58. The molecule has 1 aromatic rings. The molecule has 0 amide bonds. The van der Waals surface area contributed by atoms with Crippen LogP contribution in [0.15, 0.2) is 24.3 Å². The Morgan fingerprint density at radius 1 is 1.46 bits per heavy atom. The summed E-state index contributed by atoms with van der Waals surface area (Å²) in [6.45, 7) is 6.70. The number of piperidine rings is 1. The number of rotatable bonds is 6. The number of esters is 1. The van der Waals surface area contributed by atoms with Crippen molar-refractivity contribution in [3.63, 3.8) is 0 Å². The zero-order chi connectivity index (χ0) is 17.4. The Morgan fingerprint density at radius 2 is 2.29 bits per heavy atom. The number of nitrogens with one attached hydrogen (secondary N) is 2. The van der Waals surface area contributed by atoms with Crippen molar-refractivity contribution < 1.29 is 9.53 Å². The van der Waals surface area contributed by atoms with Crippen molar-refractivity contribution in [3.8, 4) is 0 Å². The van der Waals surface area contributed by atoms with E-state index in [1.165, 1.54) is 33.0 Å². The van der Waals surface area contributed by atoms with Gasteiger partial charge in [0.1, 0.15) is 0 Å². The highest BCUT2D eigenvalue weighted by atomic mass is 32.1. The number of hydrogen-bond donors (Lipinski definition) is 2. The molecule has 132 valence electrons. The van der Waals surface area contributed by atoms with Crippen molar-refractivity contribution >= 4 is 29.0 Å². The summed E-state index contributed by atoms with van der Waals surface area (Å²) >= 11 is 5.31. The van der Waals surface area contributed by atoms with Gasteiger partial charge < -0.3 is 20.3 Å². The first-order chi connectivity index (χ1) is 11.6. The number of hydrogen-bond acceptors (Lipinski definition) is 4. The molecule has 0 aliphatic carbocycles. The van der Waals surface area contributed by atoms with Gasteiger partial charge in [-0.25, -0.2) is 4.79 Å². The Kier molecular flexibility index (Phi) is 7.46. The molecule has 1 fully saturated rings. The van der Waals surface area contributed by atoms with E-state index in [9.17, 15) is 4.79 Å². The molecule has 2 N–H and O–H groups in total. The zero-order valence-electron chi connectivity index (χ0n) is 14.5. The van der Waals surface area contributed by atoms with E-state index in [0.29, 0.717) is 10.7 Å². The van der Waals surface area contributed by atoms with Gasteiger partial charge in [0, 0.05) is 18.8 Å². The molecule has 0 unspecified atom stereocenters. The zero-order valence-corrected chi connectivity index (χ0v) is 15.3. The first-order valence-electron chi connectivity index (χ1n) is 8.54. The third-order valence-corrected chi connectivity index (χ3v) is 4.47. The fourth-order valence-electron chi connectivity index (χ4n) is 3.01. The molecule has 1 aliphatic heterocycles. The third kappa shape index (κ3) is 6.09. The fraction of sp³-hybridized carbons (Fsp3) is 0.556. The lowest BCUT2D eigenvalue weighted by molar-refractivity contribution is 0.0601. The summed E-state index contributed by atoms with van der Waals surface area (Å²) < 4.78 is 4.72. The van der Waals surface area contributed by atoms with E-state index in [-0.39, 0.29) is 5.97 Å². The van der Waals surface area contributed by atoms with E-state index in [1.54, 1.807) is 18.2 Å². The minimum atomic E-state index is -0.353. The van der Waals surface area contributed by atoms with Crippen molar-refractivity contribution in [3.05, 3.63) is 29.8 Å². The van der Waals surface area contributed by atoms with Gasteiger partial charge in [-0.3, -0.25) is 0 Å². The molecule has 1 heterocycles. The highest BCUT2D eigenvalue weighted by Gasteiger charge is 2.15. The van der Waals surface area contributed by atoms with Crippen LogP contribution in [0.25, 0.3) is 0 Å². The molecule has 0 spiro atoms. The van der Waals surface area contributed by atoms with Gasteiger partial charge in [-0.05, 0) is 68.7 Å². The molecule has 1 aromatic carbocycles. The molecule has 5 nitrogen and oxygen atoms in total. The average molecular weight is 350 g/mol. The normalized spacial score (nSPS) is 18.0. The number of likely N-dealkylation sites (tertiary alicyclic amines) is 1. The summed E-state index contributed by atoms with van der Waals surface area (Å²) in [6.07, 6.45) is 3.73. The van der Waals surface area contributed by atoms with E-state index in [4.69, 9.17) is 17.0 Å². The smallest absolute Gasteiger partial charge is 0.337 e. The molecule has 1 aliphatic rings. The molecule has 0 bridgehead atoms. The number of methoxy groups -OCH3 is 1. The Hall–Kier alpha value is -1.66. The Bertz CT molecular complexity index is 565. The molecule has 24 heavy (non-hydrogen) atoms. The molecule has 6 heteroatoms. The number of nitrogens with zero attached hydrogens (tertiary/aromatic N) is 1. The van der Waals surface area contributed by atoms with Crippen LogP contribution in [-0.4, -0.2) is 49.3 Å². The van der Waals surface area contributed by atoms with Crippen LogP contribution < -0.4 is 10.6 Å². The van der Waals surface area contributed by atoms with Gasteiger partial charge in [0.25, 0.3) is 0 Å². The maximum absolute atomic E-state index is 11.5. The Morgan fingerprint density at radius 3 is 3.04 bits per heavy atom. The molecule has 0 radical (unpaired) electrons. The maximum atomic E-state index is 11.5. The van der Waals surface area contributed by atoms with E-state index >= 15 is 0 Å². The van der Waals surface area contributed by atoms with Crippen LogP contribution in [0.5, 0.6) is 0 Å². The number of thiocarbonyl (C=S) groups is 1. The summed E-state index contributed by atoms with van der Waals surface area (Å²) in [5, 5.41) is 6.90. The quantitative estimate of drug-likeness (QED) is 0.468. The van der Waals surface area contributed by atoms with Crippen LogP contribution in [0.1, 0.15) is 36.5 Å². The minimum absolute atomic E-state index is 0.353. The molecular formula is C18H27N3O2S. The van der Waals surface area contributed by atoms with Gasteiger partial charge in [0.2, 0.25) is 0 Å². The van der Waals surface area contributed by atoms with Crippen molar-refractivity contribution in [1.82, 2.24) is 10.2 Å². The fourth-order valence-corrected chi connectivity index (χ4v) is 3.23. The van der Waals surface area contributed by atoms with Crippen LogP contribution in [0.2, 0.25) is 0 Å². The van der Waals surface area contributed by atoms with E-state index < -0.39 is 0 Å². The Labute approximate surface area is 149 Å². The molecule has 0 saturated carbocycles. The van der Waals surface area contributed by atoms with Gasteiger partial charge in [-0.2, -0.15) is 0 Å². The number of anilines is 1. The van der Waals surface area contributed by atoms with Gasteiger partial charge in [-0.15, -0.1) is 0 Å². The van der Waals surface area contributed by atoms with Crippen LogP contribution in [0.4, 0.5) is 5.69 Å². The standard InChI is InChI=1S/C18H27N3O2S/c1-14-6-4-10-21(13-14)11-5-9-19-18(24)20-16-8-3-7-15(12-16)17(22)23-2/h3,7-8,12,14H,4-6,9-11,13H2,1-2H3,(H2,19,20,24)/t14-/m1/s1. The van der Waals surface area contributed by atoms with Crippen molar-refractivity contribution in [2.24, 2.45) is 5.92 Å². The first kappa shape index (κ1) is 18.7. The van der Waals surface area contributed by atoms with Crippen LogP contribution >= 0.6 is 12.2 Å². The van der Waals surface area contributed by atoms with Crippen molar-refractivity contribution in [2.75, 3.05) is 38.6 Å². The van der Waals surface area contributed by atoms with E-state index in [0.717, 1.165) is 31.1 Å². The van der Waals surface area contributed by atoms with Crippen LogP contribution in [-0.2, 0) is 4.74 Å². The number of ether oxygens (including phenoxy) is 1. The number of carbonyl (C=O) groups is 1. The number of benzene rings is 1. The molecule has 2 rings (SSSR count). The predicted molar refractivity (Wildman–Crippen MR) is 101 cm³/mol. The monoisotopic (exact) mass is 349 g/mol. The van der Waals surface area contributed by atoms with Crippen molar-refractivity contribution in [1.29, 1.82) is 0 Å². The second-order valence-electron chi connectivity index (χ2n) is 6.35. The summed E-state index contributed by atoms with van der Waals surface area (Å²) in [4.78, 5) is 14.1. The molecule has 1 atom stereocenters. The second kappa shape index (κ2) is 9.59. The van der Waals surface area contributed by atoms with Gasteiger partial charge in [0.15, 0.2) is 5.11 Å². The van der Waals surface area contributed by atoms with Gasteiger partial charge in [0.05, 0.1) is 12.7 Å². The molecule has 1 saturated heterocycles. The van der Waals surface area contributed by atoms with E-state index in [2.05, 4.69) is 22.5 Å². The summed E-state index contributed by atoms with van der Waals surface area (Å²) in [6, 6.07) is 7.12. The lowest BCUT2D eigenvalue weighted by Gasteiger charge is -2.30.